The molecule has 0 spiro atoms. The Morgan fingerprint density at radius 1 is 1.07 bits per heavy atom. The zero-order valence-electron chi connectivity index (χ0n) is 10.6. The summed E-state index contributed by atoms with van der Waals surface area (Å²) in [5.41, 5.74) is 5.93. The van der Waals surface area contributed by atoms with Gasteiger partial charge < -0.3 is 10.6 Å². The first-order valence-corrected chi connectivity index (χ1v) is 6.27. The van der Waals surface area contributed by atoms with Crippen molar-refractivity contribution in [1.82, 2.24) is 9.80 Å². The molecule has 15 heavy (non-hydrogen) atoms. The second-order valence-electron chi connectivity index (χ2n) is 5.00. The molecule has 0 aromatic rings. The smallest absolute Gasteiger partial charge is 0.0112 e. The van der Waals surface area contributed by atoms with Gasteiger partial charge >= 0.3 is 0 Å². The van der Waals surface area contributed by atoms with Crippen molar-refractivity contribution in [3.05, 3.63) is 0 Å². The Morgan fingerprint density at radius 2 is 1.67 bits per heavy atom. The van der Waals surface area contributed by atoms with Gasteiger partial charge in [-0.1, -0.05) is 6.92 Å². The molecule has 0 heterocycles. The highest BCUT2D eigenvalue weighted by Gasteiger charge is 2.22. The number of nitrogens with zero attached hydrogens (tertiary/aromatic N) is 2. The van der Waals surface area contributed by atoms with Crippen LogP contribution in [0.25, 0.3) is 0 Å². The van der Waals surface area contributed by atoms with E-state index in [1.165, 1.54) is 38.8 Å². The van der Waals surface area contributed by atoms with Gasteiger partial charge in [-0.15, -0.1) is 0 Å². The molecule has 0 radical (unpaired) electrons. The zero-order chi connectivity index (χ0) is 11.3. The molecule has 0 unspecified atom stereocenters. The molecule has 3 heteroatoms. The van der Waals surface area contributed by atoms with Gasteiger partial charge in [-0.2, -0.15) is 0 Å². The minimum absolute atomic E-state index is 0.466. The lowest BCUT2D eigenvalue weighted by molar-refractivity contribution is 0.145. The van der Waals surface area contributed by atoms with Gasteiger partial charge in [0.05, 0.1) is 0 Å². The average molecular weight is 213 g/mol. The Kier molecular flexibility index (Phi) is 5.58. The summed E-state index contributed by atoms with van der Waals surface area (Å²) in [5, 5.41) is 0. The summed E-state index contributed by atoms with van der Waals surface area (Å²) in [4.78, 5) is 4.88. The van der Waals surface area contributed by atoms with Crippen LogP contribution in [0.5, 0.6) is 0 Å². The van der Waals surface area contributed by atoms with Gasteiger partial charge in [-0.3, -0.25) is 4.90 Å². The second-order valence-corrected chi connectivity index (χ2v) is 5.00. The van der Waals surface area contributed by atoms with E-state index in [0.29, 0.717) is 6.04 Å². The lowest BCUT2D eigenvalue weighted by Crippen LogP contribution is -2.43. The Labute approximate surface area is 94.6 Å². The monoisotopic (exact) mass is 213 g/mol. The zero-order valence-corrected chi connectivity index (χ0v) is 10.6. The minimum Gasteiger partial charge on any atom is -0.328 e. The van der Waals surface area contributed by atoms with E-state index in [0.717, 1.165) is 12.6 Å². The third-order valence-electron chi connectivity index (χ3n) is 3.50. The van der Waals surface area contributed by atoms with Gasteiger partial charge in [0.2, 0.25) is 0 Å². The van der Waals surface area contributed by atoms with E-state index in [2.05, 4.69) is 30.8 Å². The van der Waals surface area contributed by atoms with Crippen molar-refractivity contribution in [3.63, 3.8) is 0 Å². The normalized spacial score (nSPS) is 27.6. The summed E-state index contributed by atoms with van der Waals surface area (Å²) in [5.74, 6) is 0. The van der Waals surface area contributed by atoms with E-state index < -0.39 is 0 Å². The summed E-state index contributed by atoms with van der Waals surface area (Å²) in [6.07, 6.45) is 5.01. The van der Waals surface area contributed by atoms with Crippen molar-refractivity contribution in [3.8, 4) is 0 Å². The lowest BCUT2D eigenvalue weighted by Gasteiger charge is -2.36. The summed E-state index contributed by atoms with van der Waals surface area (Å²) in [6, 6.07) is 1.25. The molecule has 1 rings (SSSR count). The molecule has 3 nitrogen and oxygen atoms in total. The quantitative estimate of drug-likeness (QED) is 0.743. The fraction of sp³-hybridized carbons (Fsp3) is 1.00. The van der Waals surface area contributed by atoms with E-state index >= 15 is 0 Å². The summed E-state index contributed by atoms with van der Waals surface area (Å²) in [6.45, 7) is 5.80. The van der Waals surface area contributed by atoms with E-state index in [9.17, 15) is 0 Å². The molecule has 0 atom stereocenters. The predicted molar refractivity (Wildman–Crippen MR) is 66.0 cm³/mol. The van der Waals surface area contributed by atoms with Crippen molar-refractivity contribution in [2.45, 2.75) is 44.7 Å². The number of rotatable bonds is 5. The van der Waals surface area contributed by atoms with Crippen LogP contribution in [0.1, 0.15) is 32.6 Å². The highest BCUT2D eigenvalue weighted by atomic mass is 15.2. The fourth-order valence-electron chi connectivity index (χ4n) is 2.39. The summed E-state index contributed by atoms with van der Waals surface area (Å²) < 4.78 is 0. The molecule has 0 aromatic heterocycles. The lowest BCUT2D eigenvalue weighted by atomic mass is 9.91. The maximum Gasteiger partial charge on any atom is 0.0112 e. The van der Waals surface area contributed by atoms with E-state index in [4.69, 9.17) is 5.73 Å². The van der Waals surface area contributed by atoms with Crippen molar-refractivity contribution in [2.75, 3.05) is 33.7 Å². The molecule has 1 saturated carbocycles. The Hall–Kier alpha value is -0.120. The molecule has 0 aromatic carbocycles. The second kappa shape index (κ2) is 6.46. The Morgan fingerprint density at radius 3 is 2.13 bits per heavy atom. The van der Waals surface area contributed by atoms with Gasteiger partial charge in [-0.05, 0) is 46.3 Å². The van der Waals surface area contributed by atoms with Crippen LogP contribution in [0.2, 0.25) is 0 Å². The molecule has 0 amide bonds. The molecule has 1 fully saturated rings. The van der Waals surface area contributed by atoms with Crippen molar-refractivity contribution < 1.29 is 0 Å². The van der Waals surface area contributed by atoms with Crippen molar-refractivity contribution in [2.24, 2.45) is 5.73 Å². The molecule has 2 N–H and O–H groups in total. The number of likely N-dealkylation sites (N-methyl/N-ethyl adjacent to an activating group) is 2. The standard InChI is InChI=1S/C12H27N3/c1-4-15(10-9-14(2)3)12-7-5-11(13)6-8-12/h11-12H,4-10,13H2,1-3H3. The molecule has 0 saturated heterocycles. The summed E-state index contributed by atoms with van der Waals surface area (Å²) >= 11 is 0. The number of hydrogen-bond donors (Lipinski definition) is 1. The van der Waals surface area contributed by atoms with Gasteiger partial charge in [0.1, 0.15) is 0 Å². The van der Waals surface area contributed by atoms with Gasteiger partial charge in [-0.25, -0.2) is 0 Å². The molecule has 1 aliphatic rings. The molecule has 1 aliphatic carbocycles. The summed E-state index contributed by atoms with van der Waals surface area (Å²) in [7, 11) is 4.29. The van der Waals surface area contributed by atoms with Crippen LogP contribution in [-0.2, 0) is 0 Å². The van der Waals surface area contributed by atoms with Crippen LogP contribution >= 0.6 is 0 Å². The molecule has 0 aliphatic heterocycles. The molecule has 90 valence electrons. The predicted octanol–water partition coefficient (Wildman–Crippen LogP) is 1.14. The SMILES string of the molecule is CCN(CCN(C)C)C1CCC(N)CC1. The van der Waals surface area contributed by atoms with Crippen molar-refractivity contribution in [1.29, 1.82) is 0 Å². The fourth-order valence-corrected chi connectivity index (χ4v) is 2.39. The van der Waals surface area contributed by atoms with Gasteiger partial charge in [0.25, 0.3) is 0 Å². The Bertz CT molecular complexity index is 162. The number of nitrogens with two attached hydrogens (primary N) is 1. The van der Waals surface area contributed by atoms with Crippen LogP contribution < -0.4 is 5.73 Å². The topological polar surface area (TPSA) is 32.5 Å². The first kappa shape index (κ1) is 12.9. The van der Waals surface area contributed by atoms with Gasteiger partial charge in [0, 0.05) is 25.2 Å². The average Bonchev–Trinajstić information content (AvgIpc) is 2.21. The first-order chi connectivity index (χ1) is 7.13. The third-order valence-corrected chi connectivity index (χ3v) is 3.50. The van der Waals surface area contributed by atoms with Gasteiger partial charge in [0.15, 0.2) is 0 Å². The third kappa shape index (κ3) is 4.49. The van der Waals surface area contributed by atoms with Crippen LogP contribution in [0.15, 0.2) is 0 Å². The van der Waals surface area contributed by atoms with Crippen LogP contribution in [-0.4, -0.2) is 55.6 Å². The van der Waals surface area contributed by atoms with Crippen molar-refractivity contribution >= 4 is 0 Å². The highest BCUT2D eigenvalue weighted by molar-refractivity contribution is 4.80. The maximum absolute atomic E-state index is 5.93. The number of hydrogen-bond acceptors (Lipinski definition) is 3. The van der Waals surface area contributed by atoms with E-state index in [1.807, 2.05) is 0 Å². The molecular formula is C12H27N3. The Balaban J connectivity index is 2.31. The first-order valence-electron chi connectivity index (χ1n) is 6.27. The van der Waals surface area contributed by atoms with Crippen LogP contribution in [0.3, 0.4) is 0 Å². The largest absolute Gasteiger partial charge is 0.328 e. The maximum atomic E-state index is 5.93. The highest BCUT2D eigenvalue weighted by Crippen LogP contribution is 2.21. The van der Waals surface area contributed by atoms with E-state index in [-0.39, 0.29) is 0 Å². The molecule has 0 bridgehead atoms. The van der Waals surface area contributed by atoms with Crippen LogP contribution in [0.4, 0.5) is 0 Å². The minimum atomic E-state index is 0.466. The van der Waals surface area contributed by atoms with Crippen LogP contribution in [0, 0.1) is 0 Å². The molecular weight excluding hydrogens is 186 g/mol. The van der Waals surface area contributed by atoms with E-state index in [1.54, 1.807) is 0 Å².